The first kappa shape index (κ1) is 27.8. The van der Waals surface area contributed by atoms with Crippen molar-refractivity contribution in [1.29, 1.82) is 0 Å². The average Bonchev–Trinajstić information content (AvgIpc) is 3.58. The van der Waals surface area contributed by atoms with E-state index in [4.69, 9.17) is 14.5 Å². The molecule has 0 radical (unpaired) electrons. The van der Waals surface area contributed by atoms with Crippen molar-refractivity contribution in [3.8, 4) is 22.9 Å². The van der Waals surface area contributed by atoms with Gasteiger partial charge in [-0.05, 0) is 48.5 Å². The predicted octanol–water partition coefficient (Wildman–Crippen LogP) is 5.38. The monoisotopic (exact) mass is 582 g/mol. The summed E-state index contributed by atoms with van der Waals surface area (Å²) < 4.78 is 26.1. The molecule has 2 N–H and O–H groups in total. The summed E-state index contributed by atoms with van der Waals surface area (Å²) in [6, 6.07) is 11.5. The number of rotatable bonds is 10. The minimum absolute atomic E-state index is 0.0736. The number of hydrogen-bond acceptors (Lipinski definition) is 7. The molecule has 0 aliphatic carbocycles. The van der Waals surface area contributed by atoms with Crippen LogP contribution in [-0.2, 0) is 21.6 Å². The lowest BCUT2D eigenvalue weighted by Crippen LogP contribution is -2.47. The lowest BCUT2D eigenvalue weighted by Gasteiger charge is -2.25. The Hall–Kier alpha value is -3.74. The van der Waals surface area contributed by atoms with E-state index in [0.29, 0.717) is 34.0 Å². The number of aromatic nitrogens is 2. The number of carbonyl (C=O) groups excluding carboxylic acids is 2. The molecule has 5 rings (SSSR count). The number of amides is 3. The molecule has 0 spiro atoms. The number of hydrogen-bond donors (Lipinski definition) is 2. The number of nitrogens with one attached hydrogen (secondary N) is 1. The van der Waals surface area contributed by atoms with Gasteiger partial charge in [-0.15, -0.1) is 11.3 Å². The maximum absolute atomic E-state index is 14.0. The minimum atomic E-state index is -1.60. The van der Waals surface area contributed by atoms with Crippen molar-refractivity contribution in [1.82, 2.24) is 19.8 Å². The third-order valence-corrected chi connectivity index (χ3v) is 9.59. The Labute approximate surface area is 236 Å². The second-order valence-corrected chi connectivity index (χ2v) is 17.5. The van der Waals surface area contributed by atoms with E-state index in [0.717, 1.165) is 16.3 Å². The lowest BCUT2D eigenvalue weighted by molar-refractivity contribution is -0.135. The van der Waals surface area contributed by atoms with E-state index in [-0.39, 0.29) is 25.0 Å². The number of halogens is 1. The number of aromatic hydroxyl groups is 1. The van der Waals surface area contributed by atoms with Crippen molar-refractivity contribution in [3.63, 3.8) is 0 Å². The topological polar surface area (TPSA) is 106 Å². The minimum Gasteiger partial charge on any atom is -0.497 e. The number of carbonyl (C=O) groups is 2. The van der Waals surface area contributed by atoms with E-state index in [9.17, 15) is 19.1 Å². The van der Waals surface area contributed by atoms with Crippen molar-refractivity contribution in [2.45, 2.75) is 37.8 Å². The van der Waals surface area contributed by atoms with Gasteiger partial charge in [-0.25, -0.2) is 19.1 Å². The van der Waals surface area contributed by atoms with Crippen LogP contribution in [-0.4, -0.2) is 60.0 Å². The number of urea groups is 1. The Morgan fingerprint density at radius 2 is 1.90 bits per heavy atom. The average molecular weight is 583 g/mol. The van der Waals surface area contributed by atoms with Crippen LogP contribution >= 0.6 is 11.3 Å². The van der Waals surface area contributed by atoms with Crippen LogP contribution in [0.3, 0.4) is 0 Å². The van der Waals surface area contributed by atoms with Gasteiger partial charge >= 0.3 is 6.03 Å². The summed E-state index contributed by atoms with van der Waals surface area (Å²) in [5, 5.41) is 17.3. The van der Waals surface area contributed by atoms with Gasteiger partial charge < -0.3 is 24.5 Å². The highest BCUT2D eigenvalue weighted by atomic mass is 32.1. The molecule has 12 heteroatoms. The maximum atomic E-state index is 14.0. The van der Waals surface area contributed by atoms with E-state index in [1.807, 2.05) is 0 Å². The molecule has 1 saturated heterocycles. The van der Waals surface area contributed by atoms with Crippen LogP contribution in [0.25, 0.3) is 22.0 Å². The molecule has 210 valence electrons. The van der Waals surface area contributed by atoms with Crippen LogP contribution < -0.4 is 10.1 Å². The Morgan fingerprint density at radius 1 is 1.15 bits per heavy atom. The molecule has 4 aromatic rings. The predicted molar refractivity (Wildman–Crippen MR) is 154 cm³/mol. The Balaban J connectivity index is 1.51. The summed E-state index contributed by atoms with van der Waals surface area (Å²) in [6.07, 6.45) is 1.72. The highest BCUT2D eigenvalue weighted by molar-refractivity contribution is 7.10. The van der Waals surface area contributed by atoms with Gasteiger partial charge in [0, 0.05) is 42.6 Å². The fourth-order valence-corrected chi connectivity index (χ4v) is 6.27. The van der Waals surface area contributed by atoms with Crippen LogP contribution in [0.4, 0.5) is 9.18 Å². The number of imide groups is 1. The molecule has 1 aliphatic heterocycles. The Morgan fingerprint density at radius 3 is 2.60 bits per heavy atom. The fraction of sp³-hybridized carbons (Fsp3) is 0.321. The van der Waals surface area contributed by atoms with Gasteiger partial charge in [0.2, 0.25) is 0 Å². The number of methoxy groups -OCH3 is 1. The molecule has 2 aromatic carbocycles. The third-order valence-electron chi connectivity index (χ3n) is 6.88. The largest absolute Gasteiger partial charge is 0.497 e. The molecule has 0 unspecified atom stereocenters. The summed E-state index contributed by atoms with van der Waals surface area (Å²) in [5.41, 5.74) is -0.388. The molecular weight excluding hydrogens is 551 g/mol. The summed E-state index contributed by atoms with van der Waals surface area (Å²) in [7, 11) is 0.177. The van der Waals surface area contributed by atoms with Gasteiger partial charge in [-0.3, -0.25) is 4.79 Å². The van der Waals surface area contributed by atoms with E-state index < -0.39 is 25.6 Å². The number of ether oxygens (including phenoxy) is 2. The Kier molecular flexibility index (Phi) is 7.42. The van der Waals surface area contributed by atoms with Gasteiger partial charge in [0.25, 0.3) is 5.91 Å². The standard InChI is InChI=1S/C28H31FN4O5SSi/c1-37-21-10-7-19-14-32(24(34)22(19)13-21)16-28(25-30-23(15-39-25)18-5-8-20(29)9-6-18)26(35)33(27(36)31-28)17-38-11-12-40(2,3)4/h5-10,13-15,34H,11-12,16-17H2,1-4H3,(H,31,36)/t28-/m0/s1. The molecule has 40 heavy (non-hydrogen) atoms. The van der Waals surface area contributed by atoms with Crippen molar-refractivity contribution in [2.75, 3.05) is 20.4 Å². The SMILES string of the molecule is COc1ccc2cn(C[C@@]3(c4nc(-c5ccc(F)cc5)cs4)NC(=O)N(COCC[Si](C)(C)C)C3=O)c(O)c2c1. The molecular formula is C28H31FN4O5SSi. The van der Waals surface area contributed by atoms with E-state index in [1.54, 1.807) is 49.0 Å². The molecule has 2 aromatic heterocycles. The molecule has 1 fully saturated rings. The molecule has 3 heterocycles. The smallest absolute Gasteiger partial charge is 0.327 e. The first-order chi connectivity index (χ1) is 19.0. The van der Waals surface area contributed by atoms with Gasteiger partial charge in [0.15, 0.2) is 11.4 Å². The normalized spacial score (nSPS) is 17.6. The van der Waals surface area contributed by atoms with Crippen LogP contribution in [0.15, 0.2) is 54.0 Å². The highest BCUT2D eigenvalue weighted by Gasteiger charge is 2.55. The maximum Gasteiger partial charge on any atom is 0.327 e. The quantitative estimate of drug-likeness (QED) is 0.148. The van der Waals surface area contributed by atoms with Crippen molar-refractivity contribution in [3.05, 3.63) is 64.9 Å². The van der Waals surface area contributed by atoms with Crippen LogP contribution in [0.1, 0.15) is 5.01 Å². The number of thiazole rings is 1. The zero-order valence-corrected chi connectivity index (χ0v) is 24.5. The van der Waals surface area contributed by atoms with Crippen molar-refractivity contribution >= 4 is 42.1 Å². The highest BCUT2D eigenvalue weighted by Crippen LogP contribution is 2.38. The van der Waals surface area contributed by atoms with Crippen molar-refractivity contribution in [2.24, 2.45) is 0 Å². The third kappa shape index (κ3) is 5.34. The van der Waals surface area contributed by atoms with Gasteiger partial charge in [0.05, 0.1) is 19.3 Å². The molecule has 1 aliphatic rings. The zero-order valence-electron chi connectivity index (χ0n) is 22.7. The second kappa shape index (κ2) is 10.7. The van der Waals surface area contributed by atoms with Gasteiger partial charge in [-0.1, -0.05) is 19.6 Å². The van der Waals surface area contributed by atoms with Gasteiger partial charge in [-0.2, -0.15) is 0 Å². The van der Waals surface area contributed by atoms with E-state index in [2.05, 4.69) is 25.0 Å². The molecule has 9 nitrogen and oxygen atoms in total. The summed E-state index contributed by atoms with van der Waals surface area (Å²) in [6.45, 7) is 6.81. The van der Waals surface area contributed by atoms with Gasteiger partial charge in [0.1, 0.15) is 23.3 Å². The second-order valence-electron chi connectivity index (χ2n) is 11.0. The molecule has 0 saturated carbocycles. The van der Waals surface area contributed by atoms with Crippen LogP contribution in [0.2, 0.25) is 25.7 Å². The fourth-order valence-electron chi connectivity index (χ4n) is 4.55. The summed E-state index contributed by atoms with van der Waals surface area (Å²) >= 11 is 1.20. The number of nitrogens with zero attached hydrogens (tertiary/aromatic N) is 3. The summed E-state index contributed by atoms with van der Waals surface area (Å²) in [5.74, 6) is -0.396. The first-order valence-corrected chi connectivity index (χ1v) is 17.4. The molecule has 1 atom stereocenters. The number of fused-ring (bicyclic) bond motifs is 1. The zero-order chi connectivity index (χ0) is 28.7. The van der Waals surface area contributed by atoms with E-state index in [1.165, 1.54) is 28.0 Å². The summed E-state index contributed by atoms with van der Waals surface area (Å²) in [4.78, 5) is 33.0. The Bertz CT molecular complexity index is 1570. The number of benzene rings is 2. The van der Waals surface area contributed by atoms with Crippen LogP contribution in [0, 0.1) is 5.82 Å². The van der Waals surface area contributed by atoms with Crippen LogP contribution in [0.5, 0.6) is 11.6 Å². The first-order valence-electron chi connectivity index (χ1n) is 12.8. The molecule has 0 bridgehead atoms. The van der Waals surface area contributed by atoms with E-state index >= 15 is 0 Å². The lowest BCUT2D eigenvalue weighted by atomic mass is 10.00. The molecule has 3 amide bonds. The van der Waals surface area contributed by atoms with Crippen molar-refractivity contribution < 1.29 is 28.6 Å².